The second-order valence-corrected chi connectivity index (χ2v) is 8.45. The molecule has 6 heteroatoms. The van der Waals surface area contributed by atoms with Gasteiger partial charge < -0.3 is 9.64 Å². The highest BCUT2D eigenvalue weighted by atomic mass is 16.5. The van der Waals surface area contributed by atoms with Gasteiger partial charge in [-0.25, -0.2) is 15.0 Å². The molecule has 31 heavy (non-hydrogen) atoms. The van der Waals surface area contributed by atoms with Crippen molar-refractivity contribution >= 4 is 5.91 Å². The number of amides is 1. The minimum absolute atomic E-state index is 0.0844. The summed E-state index contributed by atoms with van der Waals surface area (Å²) in [5.41, 5.74) is 2.54. The van der Waals surface area contributed by atoms with Crippen molar-refractivity contribution in [2.45, 2.75) is 44.7 Å². The maximum Gasteiger partial charge on any atom is 0.255 e. The molecule has 0 N–H and O–H groups in total. The lowest BCUT2D eigenvalue weighted by molar-refractivity contribution is 0.0404. The number of piperidine rings is 1. The summed E-state index contributed by atoms with van der Waals surface area (Å²) < 4.78 is 5.97. The molecule has 2 bridgehead atoms. The van der Waals surface area contributed by atoms with E-state index in [-0.39, 0.29) is 11.9 Å². The summed E-state index contributed by atoms with van der Waals surface area (Å²) in [5.74, 6) is 1.63. The Hall–Kier alpha value is -3.28. The van der Waals surface area contributed by atoms with Crippen molar-refractivity contribution in [1.29, 1.82) is 0 Å². The number of hydrogen-bond acceptors (Lipinski definition) is 5. The summed E-state index contributed by atoms with van der Waals surface area (Å²) >= 11 is 0. The van der Waals surface area contributed by atoms with E-state index in [4.69, 9.17) is 4.74 Å². The van der Waals surface area contributed by atoms with Gasteiger partial charge in [0.05, 0.1) is 12.2 Å². The number of aryl methyl sites for hydroxylation is 1. The van der Waals surface area contributed by atoms with E-state index < -0.39 is 0 Å². The van der Waals surface area contributed by atoms with E-state index in [9.17, 15) is 4.79 Å². The lowest BCUT2D eigenvalue weighted by Gasteiger charge is -2.40. The molecule has 158 valence electrons. The van der Waals surface area contributed by atoms with Gasteiger partial charge in [-0.15, -0.1) is 0 Å². The predicted octanol–water partition coefficient (Wildman–Crippen LogP) is 4.31. The highest BCUT2D eigenvalue weighted by molar-refractivity contribution is 6.01. The van der Waals surface area contributed by atoms with Crippen molar-refractivity contribution in [3.05, 3.63) is 72.2 Å². The molecule has 5 rings (SSSR count). The molecule has 1 amide bonds. The molecule has 0 aliphatic carbocycles. The Labute approximate surface area is 182 Å². The first-order valence-corrected chi connectivity index (χ1v) is 11.0. The zero-order chi connectivity index (χ0) is 21.2. The third-order valence-electron chi connectivity index (χ3n) is 6.49. The fourth-order valence-corrected chi connectivity index (χ4v) is 5.00. The van der Waals surface area contributed by atoms with Gasteiger partial charge in [0.2, 0.25) is 5.88 Å². The number of carbonyl (C=O) groups excluding carboxylic acids is 1. The zero-order valence-corrected chi connectivity index (χ0v) is 17.6. The van der Waals surface area contributed by atoms with Gasteiger partial charge in [-0.2, -0.15) is 0 Å². The summed E-state index contributed by atoms with van der Waals surface area (Å²) in [6.07, 6.45) is 9.34. The van der Waals surface area contributed by atoms with Crippen LogP contribution in [0.1, 0.15) is 41.6 Å². The number of nitrogens with zero attached hydrogens (tertiary/aromatic N) is 4. The average molecular weight is 415 g/mol. The van der Waals surface area contributed by atoms with Crippen LogP contribution < -0.4 is 4.74 Å². The van der Waals surface area contributed by atoms with E-state index in [1.807, 2.05) is 43.3 Å². The van der Waals surface area contributed by atoms with E-state index in [0.29, 0.717) is 35.8 Å². The molecule has 3 aromatic rings. The smallest absolute Gasteiger partial charge is 0.255 e. The van der Waals surface area contributed by atoms with Crippen LogP contribution in [-0.2, 0) is 0 Å². The third-order valence-corrected chi connectivity index (χ3v) is 6.49. The van der Waals surface area contributed by atoms with Crippen LogP contribution in [-0.4, -0.2) is 44.4 Å². The highest BCUT2D eigenvalue weighted by Gasteiger charge is 2.45. The SMILES string of the molecule is Cc1ccc(-c2ncccn2)c(C(=O)N2C3CC[C@H]2CC[C@H]3COc2ccccn2)c1. The molecule has 2 aromatic heterocycles. The molecule has 0 spiro atoms. The number of hydrogen-bond donors (Lipinski definition) is 0. The van der Waals surface area contributed by atoms with Crippen molar-refractivity contribution < 1.29 is 9.53 Å². The van der Waals surface area contributed by atoms with Gasteiger partial charge >= 0.3 is 0 Å². The van der Waals surface area contributed by atoms with Crippen LogP contribution in [0.5, 0.6) is 5.88 Å². The molecule has 2 aliphatic heterocycles. The van der Waals surface area contributed by atoms with E-state index >= 15 is 0 Å². The van der Waals surface area contributed by atoms with E-state index in [0.717, 1.165) is 36.8 Å². The highest BCUT2D eigenvalue weighted by Crippen LogP contribution is 2.41. The molecule has 6 nitrogen and oxygen atoms in total. The standard InChI is InChI=1S/C25H26N4O2/c1-17-6-10-20(24-27-13-4-14-28-24)21(15-17)25(30)29-19-8-7-18(22(29)11-9-19)16-31-23-5-2-3-12-26-23/h2-6,10,12-15,18-19,22H,7-9,11,16H2,1H3/t18-,19+,22?/m0/s1. The minimum Gasteiger partial charge on any atom is -0.477 e. The summed E-state index contributed by atoms with van der Waals surface area (Å²) in [5, 5.41) is 0. The van der Waals surface area contributed by atoms with Gasteiger partial charge in [-0.1, -0.05) is 23.8 Å². The average Bonchev–Trinajstić information content (AvgIpc) is 3.13. The molecule has 3 atom stereocenters. The van der Waals surface area contributed by atoms with Crippen molar-refractivity contribution in [3.8, 4) is 17.3 Å². The lowest BCUT2D eigenvalue weighted by Crippen LogP contribution is -2.49. The second kappa shape index (κ2) is 8.46. The summed E-state index contributed by atoms with van der Waals surface area (Å²) in [4.78, 5) is 29.0. The summed E-state index contributed by atoms with van der Waals surface area (Å²) in [6, 6.07) is 13.9. The number of rotatable bonds is 5. The Bertz CT molecular complexity index is 1060. The molecular formula is C25H26N4O2. The Kier molecular flexibility index (Phi) is 5.37. The third kappa shape index (κ3) is 3.90. The maximum absolute atomic E-state index is 13.8. The number of ether oxygens (including phenoxy) is 1. The summed E-state index contributed by atoms with van der Waals surface area (Å²) in [7, 11) is 0. The van der Waals surface area contributed by atoms with Crippen molar-refractivity contribution in [2.24, 2.45) is 5.92 Å². The summed E-state index contributed by atoms with van der Waals surface area (Å²) in [6.45, 7) is 2.60. The Morgan fingerprint density at radius 2 is 1.81 bits per heavy atom. The first kappa shape index (κ1) is 19.7. The zero-order valence-electron chi connectivity index (χ0n) is 17.6. The maximum atomic E-state index is 13.8. The number of pyridine rings is 1. The quantitative estimate of drug-likeness (QED) is 0.622. The normalized spacial score (nSPS) is 22.4. The Morgan fingerprint density at radius 3 is 2.61 bits per heavy atom. The van der Waals surface area contributed by atoms with Gasteiger partial charge in [0, 0.05) is 48.2 Å². The topological polar surface area (TPSA) is 68.2 Å². The van der Waals surface area contributed by atoms with Crippen molar-refractivity contribution in [3.63, 3.8) is 0 Å². The van der Waals surface area contributed by atoms with E-state index in [1.54, 1.807) is 24.7 Å². The molecule has 4 heterocycles. The molecule has 0 saturated carbocycles. The lowest BCUT2D eigenvalue weighted by atomic mass is 9.89. The second-order valence-electron chi connectivity index (χ2n) is 8.45. The van der Waals surface area contributed by atoms with Crippen LogP contribution in [0.15, 0.2) is 61.1 Å². The van der Waals surface area contributed by atoms with Crippen LogP contribution in [0, 0.1) is 12.8 Å². The molecule has 1 unspecified atom stereocenters. The van der Waals surface area contributed by atoms with Gasteiger partial charge in [0.1, 0.15) is 0 Å². The Balaban J connectivity index is 1.41. The van der Waals surface area contributed by atoms with E-state index in [2.05, 4.69) is 19.9 Å². The monoisotopic (exact) mass is 414 g/mol. The molecule has 2 fully saturated rings. The Morgan fingerprint density at radius 1 is 1.00 bits per heavy atom. The van der Waals surface area contributed by atoms with Crippen molar-refractivity contribution in [2.75, 3.05) is 6.61 Å². The molecular weight excluding hydrogens is 388 g/mol. The number of carbonyl (C=O) groups is 1. The number of fused-ring (bicyclic) bond motifs is 2. The first-order chi connectivity index (χ1) is 15.2. The van der Waals surface area contributed by atoms with Crippen LogP contribution in [0.4, 0.5) is 0 Å². The molecule has 2 aliphatic rings. The first-order valence-electron chi connectivity index (χ1n) is 11.0. The fraction of sp³-hybridized carbons (Fsp3) is 0.360. The van der Waals surface area contributed by atoms with Gasteiger partial charge in [-0.05, 0) is 50.8 Å². The van der Waals surface area contributed by atoms with E-state index in [1.165, 1.54) is 0 Å². The van der Waals surface area contributed by atoms with Gasteiger partial charge in [0.25, 0.3) is 5.91 Å². The molecule has 2 saturated heterocycles. The van der Waals surface area contributed by atoms with Crippen LogP contribution in [0.25, 0.3) is 11.4 Å². The number of aromatic nitrogens is 3. The van der Waals surface area contributed by atoms with Crippen molar-refractivity contribution in [1.82, 2.24) is 19.9 Å². The van der Waals surface area contributed by atoms with Crippen LogP contribution >= 0.6 is 0 Å². The fourth-order valence-electron chi connectivity index (χ4n) is 5.00. The molecule has 1 aromatic carbocycles. The largest absolute Gasteiger partial charge is 0.477 e. The predicted molar refractivity (Wildman–Crippen MR) is 118 cm³/mol. The van der Waals surface area contributed by atoms with Crippen LogP contribution in [0.2, 0.25) is 0 Å². The van der Waals surface area contributed by atoms with Gasteiger partial charge in [0.15, 0.2) is 5.82 Å². The molecule has 0 radical (unpaired) electrons. The minimum atomic E-state index is 0.0844. The van der Waals surface area contributed by atoms with Crippen LogP contribution in [0.3, 0.4) is 0 Å². The number of benzene rings is 1. The van der Waals surface area contributed by atoms with Gasteiger partial charge in [-0.3, -0.25) is 4.79 Å².